The van der Waals surface area contributed by atoms with Crippen LogP contribution in [0.1, 0.15) is 42.4 Å². The summed E-state index contributed by atoms with van der Waals surface area (Å²) < 4.78 is 1.59. The molecule has 0 unspecified atom stereocenters. The lowest BCUT2D eigenvalue weighted by Gasteiger charge is -2.22. The molecule has 0 aliphatic heterocycles. The average molecular weight is 560 g/mol. The lowest BCUT2D eigenvalue weighted by atomic mass is 9.92. The molecule has 0 radical (unpaired) electrons. The van der Waals surface area contributed by atoms with Crippen LogP contribution in [0.3, 0.4) is 0 Å². The van der Waals surface area contributed by atoms with Crippen LogP contribution in [0.2, 0.25) is 5.02 Å². The molecule has 0 fully saturated rings. The maximum atomic E-state index is 13.4. The molecule has 4 aromatic rings. The van der Waals surface area contributed by atoms with Gasteiger partial charge in [0.05, 0.1) is 21.3 Å². The Hall–Kier alpha value is -4.50. The minimum atomic E-state index is -0.525. The molecule has 0 spiro atoms. The largest absolute Gasteiger partial charge is 0.329 e. The number of para-hydroxylation sites is 1. The van der Waals surface area contributed by atoms with Gasteiger partial charge in [-0.05, 0) is 36.2 Å². The summed E-state index contributed by atoms with van der Waals surface area (Å²) in [5.41, 5.74) is 2.22. The van der Waals surface area contributed by atoms with Gasteiger partial charge in [-0.1, -0.05) is 74.8 Å². The summed E-state index contributed by atoms with van der Waals surface area (Å²) in [6.45, 7) is 6.09. The molecular weight excluding hydrogens is 530 g/mol. The van der Waals surface area contributed by atoms with Gasteiger partial charge < -0.3 is 10.2 Å². The average Bonchev–Trinajstić information content (AvgIpc) is 3.35. The van der Waals surface area contributed by atoms with Crippen molar-refractivity contribution in [2.75, 3.05) is 18.4 Å². The van der Waals surface area contributed by atoms with Crippen LogP contribution in [0.15, 0.2) is 84.9 Å². The SMILES string of the molecule is CC(C)(C)c1cc(NC(=O)CN(CCc2ccccc2)C(=O)c2ccc([N+](=O)[O-])cc2)n(-c2ccccc2Cl)n1. The van der Waals surface area contributed by atoms with E-state index >= 15 is 0 Å². The number of amides is 2. The first-order valence-electron chi connectivity index (χ1n) is 12.8. The van der Waals surface area contributed by atoms with Crippen LogP contribution in [0.4, 0.5) is 11.5 Å². The lowest BCUT2D eigenvalue weighted by Crippen LogP contribution is -2.39. The summed E-state index contributed by atoms with van der Waals surface area (Å²) in [5.74, 6) is -0.401. The second-order valence-corrected chi connectivity index (χ2v) is 10.7. The Morgan fingerprint density at radius 3 is 2.27 bits per heavy atom. The van der Waals surface area contributed by atoms with E-state index in [9.17, 15) is 19.7 Å². The molecule has 0 aliphatic rings. The van der Waals surface area contributed by atoms with E-state index < -0.39 is 16.7 Å². The zero-order valence-electron chi connectivity index (χ0n) is 22.5. The maximum absolute atomic E-state index is 13.4. The topological polar surface area (TPSA) is 110 Å². The number of rotatable bonds is 9. The lowest BCUT2D eigenvalue weighted by molar-refractivity contribution is -0.384. The van der Waals surface area contributed by atoms with Gasteiger partial charge in [0.25, 0.3) is 11.6 Å². The van der Waals surface area contributed by atoms with Crippen LogP contribution < -0.4 is 5.32 Å². The van der Waals surface area contributed by atoms with Crippen molar-refractivity contribution in [2.24, 2.45) is 0 Å². The van der Waals surface area contributed by atoms with Crippen molar-refractivity contribution in [1.29, 1.82) is 0 Å². The third-order valence-electron chi connectivity index (χ3n) is 6.29. The Bertz CT molecular complexity index is 1510. The molecule has 10 heteroatoms. The second-order valence-electron chi connectivity index (χ2n) is 10.3. The summed E-state index contributed by atoms with van der Waals surface area (Å²) >= 11 is 6.45. The van der Waals surface area contributed by atoms with Crippen molar-refractivity contribution in [2.45, 2.75) is 32.6 Å². The van der Waals surface area contributed by atoms with Crippen molar-refractivity contribution < 1.29 is 14.5 Å². The van der Waals surface area contributed by atoms with Gasteiger partial charge in [0.1, 0.15) is 12.4 Å². The van der Waals surface area contributed by atoms with Gasteiger partial charge in [-0.15, -0.1) is 0 Å². The molecule has 2 amide bonds. The molecule has 1 aromatic heterocycles. The van der Waals surface area contributed by atoms with Crippen LogP contribution in [-0.4, -0.2) is 44.5 Å². The van der Waals surface area contributed by atoms with E-state index in [-0.39, 0.29) is 29.8 Å². The van der Waals surface area contributed by atoms with Gasteiger partial charge in [-0.25, -0.2) is 4.68 Å². The van der Waals surface area contributed by atoms with Crippen LogP contribution in [0.25, 0.3) is 5.69 Å². The quantitative estimate of drug-likeness (QED) is 0.198. The third-order valence-corrected chi connectivity index (χ3v) is 6.61. The molecule has 1 N–H and O–H groups in total. The number of benzene rings is 3. The van der Waals surface area contributed by atoms with Gasteiger partial charge >= 0.3 is 0 Å². The first kappa shape index (κ1) is 28.5. The first-order valence-corrected chi connectivity index (χ1v) is 13.1. The summed E-state index contributed by atoms with van der Waals surface area (Å²) in [6.07, 6.45) is 0.526. The monoisotopic (exact) mass is 559 g/mol. The van der Waals surface area contributed by atoms with Gasteiger partial charge in [0, 0.05) is 35.7 Å². The predicted octanol–water partition coefficient (Wildman–Crippen LogP) is 6.06. The van der Waals surface area contributed by atoms with Crippen molar-refractivity contribution in [3.63, 3.8) is 0 Å². The van der Waals surface area contributed by atoms with Crippen molar-refractivity contribution in [3.05, 3.63) is 117 Å². The normalized spacial score (nSPS) is 11.2. The fraction of sp³-hybridized carbons (Fsp3) is 0.233. The highest BCUT2D eigenvalue weighted by molar-refractivity contribution is 6.32. The molecule has 9 nitrogen and oxygen atoms in total. The highest BCUT2D eigenvalue weighted by Crippen LogP contribution is 2.29. The number of carbonyl (C=O) groups excluding carboxylic acids is 2. The predicted molar refractivity (Wildman–Crippen MR) is 155 cm³/mol. The van der Waals surface area contributed by atoms with Crippen LogP contribution in [0.5, 0.6) is 0 Å². The third kappa shape index (κ3) is 6.92. The number of non-ortho nitro benzene ring substituents is 1. The van der Waals surface area contributed by atoms with Crippen molar-refractivity contribution in [1.82, 2.24) is 14.7 Å². The second kappa shape index (κ2) is 12.1. The molecule has 0 saturated carbocycles. The van der Waals surface area contributed by atoms with Crippen LogP contribution in [-0.2, 0) is 16.6 Å². The Labute approximate surface area is 237 Å². The fourth-order valence-electron chi connectivity index (χ4n) is 4.07. The number of nitro benzene ring substituents is 1. The first-order chi connectivity index (χ1) is 19.0. The number of carbonyl (C=O) groups is 2. The van der Waals surface area contributed by atoms with E-state index in [0.717, 1.165) is 11.3 Å². The Balaban J connectivity index is 1.60. The zero-order chi connectivity index (χ0) is 28.9. The van der Waals surface area contributed by atoms with Gasteiger partial charge in [0.15, 0.2) is 0 Å². The number of halogens is 1. The molecule has 0 saturated heterocycles. The smallest absolute Gasteiger partial charge is 0.269 e. The molecule has 0 bridgehead atoms. The Morgan fingerprint density at radius 1 is 1.00 bits per heavy atom. The van der Waals surface area contributed by atoms with Gasteiger partial charge in [0.2, 0.25) is 5.91 Å². The summed E-state index contributed by atoms with van der Waals surface area (Å²) in [4.78, 5) is 38.8. The molecule has 1 heterocycles. The highest BCUT2D eigenvalue weighted by atomic mass is 35.5. The molecule has 206 valence electrons. The molecule has 40 heavy (non-hydrogen) atoms. The maximum Gasteiger partial charge on any atom is 0.269 e. The summed E-state index contributed by atoms with van der Waals surface area (Å²) in [6, 6.07) is 24.0. The van der Waals surface area contributed by atoms with E-state index in [1.807, 2.05) is 69.3 Å². The van der Waals surface area contributed by atoms with Gasteiger partial charge in [-0.3, -0.25) is 19.7 Å². The number of hydrogen-bond acceptors (Lipinski definition) is 5. The molecule has 0 atom stereocenters. The molecular formula is C30H30ClN5O4. The Morgan fingerprint density at radius 2 is 1.65 bits per heavy atom. The molecule has 4 rings (SSSR count). The standard InChI is InChI=1S/C30H30ClN5O4/c1-30(2,3)26-19-27(35(33-26)25-12-8-7-11-24(25)31)32-28(37)20-34(18-17-21-9-5-4-6-10-21)29(38)22-13-15-23(16-14-22)36(39)40/h4-16,19H,17-18,20H2,1-3H3,(H,32,37). The fourth-order valence-corrected chi connectivity index (χ4v) is 4.28. The highest BCUT2D eigenvalue weighted by Gasteiger charge is 2.24. The molecule has 3 aromatic carbocycles. The Kier molecular flexibility index (Phi) is 8.64. The van der Waals surface area contributed by atoms with Crippen molar-refractivity contribution >= 4 is 34.9 Å². The van der Waals surface area contributed by atoms with E-state index in [2.05, 4.69) is 5.32 Å². The number of nitro groups is 1. The molecule has 0 aliphatic carbocycles. The van der Waals surface area contributed by atoms with Gasteiger partial charge in [-0.2, -0.15) is 5.10 Å². The van der Waals surface area contributed by atoms with Crippen LogP contribution >= 0.6 is 11.6 Å². The number of nitrogens with zero attached hydrogens (tertiary/aromatic N) is 4. The van der Waals surface area contributed by atoms with E-state index in [1.54, 1.807) is 16.8 Å². The number of nitrogens with one attached hydrogen (secondary N) is 1. The van der Waals surface area contributed by atoms with E-state index in [4.69, 9.17) is 16.7 Å². The van der Waals surface area contributed by atoms with E-state index in [1.165, 1.54) is 29.2 Å². The minimum absolute atomic E-state index is 0.118. The van der Waals surface area contributed by atoms with Crippen molar-refractivity contribution in [3.8, 4) is 5.69 Å². The van der Waals surface area contributed by atoms with E-state index in [0.29, 0.717) is 22.9 Å². The van der Waals surface area contributed by atoms with Crippen LogP contribution in [0, 0.1) is 10.1 Å². The number of aromatic nitrogens is 2. The number of hydrogen-bond donors (Lipinski definition) is 1. The zero-order valence-corrected chi connectivity index (χ0v) is 23.3. The summed E-state index contributed by atoms with van der Waals surface area (Å²) in [5, 5.41) is 19.1. The number of anilines is 1. The summed E-state index contributed by atoms with van der Waals surface area (Å²) in [7, 11) is 0. The minimum Gasteiger partial charge on any atom is -0.329 e.